The van der Waals surface area contributed by atoms with Crippen LogP contribution in [0.15, 0.2) is 42.0 Å². The fourth-order valence-electron chi connectivity index (χ4n) is 3.06. The molecular weight excluding hydrogens is 474 g/mol. The molecule has 0 spiro atoms. The van der Waals surface area contributed by atoms with Crippen LogP contribution in [0.2, 0.25) is 5.02 Å². The molecule has 0 radical (unpaired) electrons. The topological polar surface area (TPSA) is 61.4 Å². The highest BCUT2D eigenvalue weighted by Gasteiger charge is 2.29. The summed E-state index contributed by atoms with van der Waals surface area (Å²) in [6, 6.07) is 3.45. The summed E-state index contributed by atoms with van der Waals surface area (Å²) in [5.74, 6) is 0.751. The Balaban J connectivity index is 1.68. The maximum atomic E-state index is 12.8. The number of rotatable bonds is 5. The molecule has 1 atom stereocenters. The number of thiazole rings is 1. The predicted molar refractivity (Wildman–Crippen MR) is 126 cm³/mol. The molecule has 2 amide bonds. The zero-order valence-electron chi connectivity index (χ0n) is 15.9. The summed E-state index contributed by atoms with van der Waals surface area (Å²) >= 11 is 11.1. The van der Waals surface area contributed by atoms with Gasteiger partial charge in [0.15, 0.2) is 5.13 Å². The van der Waals surface area contributed by atoms with Gasteiger partial charge in [0, 0.05) is 36.4 Å². The Hall–Kier alpha value is -2.16. The summed E-state index contributed by atoms with van der Waals surface area (Å²) in [6.07, 6.45) is 6.98. The van der Waals surface area contributed by atoms with E-state index < -0.39 is 0 Å². The molecule has 1 N–H and O–H groups in total. The number of urea groups is 1. The van der Waals surface area contributed by atoms with Crippen LogP contribution in [0.5, 0.6) is 0 Å². The largest absolute Gasteiger partial charge is 0.352 e. The molecule has 2 aromatic rings. The van der Waals surface area contributed by atoms with Crippen molar-refractivity contribution in [3.63, 3.8) is 0 Å². The first-order chi connectivity index (χ1) is 13.9. The van der Waals surface area contributed by atoms with E-state index in [-0.39, 0.29) is 12.1 Å². The number of hydrogen-bond donors (Lipinski definition) is 1. The Kier molecular flexibility index (Phi) is 7.10. The number of nitrogens with zero attached hydrogens (tertiary/aromatic N) is 4. The second kappa shape index (κ2) is 9.56. The number of carbonyl (C=O) groups excluding carboxylic acids is 1. The van der Waals surface area contributed by atoms with Crippen LogP contribution in [0.3, 0.4) is 0 Å². The van der Waals surface area contributed by atoms with Gasteiger partial charge in [-0.2, -0.15) is 0 Å². The lowest BCUT2D eigenvalue weighted by Crippen LogP contribution is -2.55. The SMILES string of the molecule is C=C/C(Br)=C\c1sc(NC(=O)N2CCN(c3ncccc3Cl)CC2C)nc1C=C. The first-order valence-corrected chi connectivity index (χ1v) is 11.0. The molecule has 1 aliphatic heterocycles. The normalized spacial score (nSPS) is 17.2. The van der Waals surface area contributed by atoms with Crippen molar-refractivity contribution in [2.24, 2.45) is 0 Å². The number of hydrogen-bond acceptors (Lipinski definition) is 5. The highest BCUT2D eigenvalue weighted by molar-refractivity contribution is 9.12. The standard InChI is InChI=1S/C20H21BrClN5OS/c1-4-14(21)11-17-16(5-2)24-19(29-17)25-20(28)27-10-9-26(12-13(27)3)18-15(22)7-6-8-23-18/h4-8,11,13H,1-2,9-10,12H2,3H3,(H,24,25,28)/b14-11+. The van der Waals surface area contributed by atoms with Crippen LogP contribution in [0.25, 0.3) is 12.2 Å². The van der Waals surface area contributed by atoms with Crippen LogP contribution in [0.1, 0.15) is 17.5 Å². The average molecular weight is 495 g/mol. The van der Waals surface area contributed by atoms with Crippen LogP contribution in [-0.2, 0) is 0 Å². The van der Waals surface area contributed by atoms with Gasteiger partial charge < -0.3 is 9.80 Å². The van der Waals surface area contributed by atoms with Gasteiger partial charge in [0.25, 0.3) is 0 Å². The van der Waals surface area contributed by atoms with Crippen molar-refractivity contribution < 1.29 is 4.79 Å². The third kappa shape index (κ3) is 5.07. The fourth-order valence-corrected chi connectivity index (χ4v) is 4.59. The van der Waals surface area contributed by atoms with E-state index in [2.05, 4.69) is 49.3 Å². The lowest BCUT2D eigenvalue weighted by Gasteiger charge is -2.40. The van der Waals surface area contributed by atoms with Crippen LogP contribution in [0.4, 0.5) is 15.7 Å². The van der Waals surface area contributed by atoms with Gasteiger partial charge in [0.05, 0.1) is 15.6 Å². The number of aromatic nitrogens is 2. The summed E-state index contributed by atoms with van der Waals surface area (Å²) in [4.78, 5) is 26.5. The van der Waals surface area contributed by atoms with Crippen molar-refractivity contribution in [2.45, 2.75) is 13.0 Å². The number of anilines is 2. The van der Waals surface area contributed by atoms with Gasteiger partial charge in [0.1, 0.15) is 5.82 Å². The zero-order chi connectivity index (χ0) is 21.0. The Labute approximate surface area is 187 Å². The Morgan fingerprint density at radius 3 is 2.90 bits per heavy atom. The lowest BCUT2D eigenvalue weighted by atomic mass is 10.2. The van der Waals surface area contributed by atoms with Crippen molar-refractivity contribution in [3.8, 4) is 0 Å². The van der Waals surface area contributed by atoms with Gasteiger partial charge >= 0.3 is 6.03 Å². The number of carbonyl (C=O) groups is 1. The smallest absolute Gasteiger partial charge is 0.324 e. The molecule has 1 unspecified atom stereocenters. The second-order valence-electron chi connectivity index (χ2n) is 6.43. The second-order valence-corrected chi connectivity index (χ2v) is 8.79. The maximum Gasteiger partial charge on any atom is 0.324 e. The highest BCUT2D eigenvalue weighted by atomic mass is 79.9. The monoisotopic (exact) mass is 493 g/mol. The van der Waals surface area contributed by atoms with Crippen LogP contribution in [-0.4, -0.2) is 46.6 Å². The molecule has 6 nitrogen and oxygen atoms in total. The van der Waals surface area contributed by atoms with Crippen LogP contribution in [0, 0.1) is 0 Å². The molecule has 3 heterocycles. The van der Waals surface area contributed by atoms with E-state index in [0.717, 1.165) is 15.2 Å². The molecule has 1 saturated heterocycles. The molecule has 9 heteroatoms. The first kappa shape index (κ1) is 21.5. The van der Waals surface area contributed by atoms with Crippen molar-refractivity contribution in [1.82, 2.24) is 14.9 Å². The zero-order valence-corrected chi connectivity index (χ0v) is 19.1. The molecule has 152 valence electrons. The number of piperazine rings is 1. The molecule has 3 rings (SSSR count). The number of nitrogens with one attached hydrogen (secondary N) is 1. The van der Waals surface area contributed by atoms with Gasteiger partial charge in [-0.15, -0.1) is 0 Å². The summed E-state index contributed by atoms with van der Waals surface area (Å²) in [6.45, 7) is 11.4. The van der Waals surface area contributed by atoms with Crippen molar-refractivity contribution in [3.05, 3.63) is 57.6 Å². The van der Waals surface area contributed by atoms with E-state index in [4.69, 9.17) is 11.6 Å². The van der Waals surface area contributed by atoms with Gasteiger partial charge in [-0.3, -0.25) is 5.32 Å². The molecule has 1 fully saturated rings. The van der Waals surface area contributed by atoms with Crippen LogP contribution >= 0.6 is 38.9 Å². The molecule has 2 aromatic heterocycles. The van der Waals surface area contributed by atoms with Gasteiger partial charge in [0.2, 0.25) is 0 Å². The maximum absolute atomic E-state index is 12.8. The quantitative estimate of drug-likeness (QED) is 0.558. The molecule has 1 aliphatic rings. The fraction of sp³-hybridized carbons (Fsp3) is 0.250. The number of halogens is 2. The average Bonchev–Trinajstić information content (AvgIpc) is 3.09. The van der Waals surface area contributed by atoms with Crippen molar-refractivity contribution in [1.29, 1.82) is 0 Å². The highest BCUT2D eigenvalue weighted by Crippen LogP contribution is 2.29. The predicted octanol–water partition coefficient (Wildman–Crippen LogP) is 5.50. The molecule has 0 aromatic carbocycles. The minimum atomic E-state index is -0.174. The minimum absolute atomic E-state index is 0.00469. The van der Waals surface area contributed by atoms with E-state index >= 15 is 0 Å². The van der Waals surface area contributed by atoms with E-state index in [1.165, 1.54) is 11.3 Å². The van der Waals surface area contributed by atoms with E-state index in [1.807, 2.05) is 25.1 Å². The number of pyridine rings is 1. The molecule has 0 bridgehead atoms. The Bertz CT molecular complexity index is 960. The number of allylic oxidation sites excluding steroid dienone is 2. The third-order valence-electron chi connectivity index (χ3n) is 4.48. The lowest BCUT2D eigenvalue weighted by molar-refractivity contribution is 0.184. The third-order valence-corrected chi connectivity index (χ3v) is 6.26. The van der Waals surface area contributed by atoms with Gasteiger partial charge in [-0.1, -0.05) is 58.1 Å². The molecule has 0 saturated carbocycles. The Morgan fingerprint density at radius 2 is 2.24 bits per heavy atom. The summed E-state index contributed by atoms with van der Waals surface area (Å²) in [7, 11) is 0. The van der Waals surface area contributed by atoms with Gasteiger partial charge in [-0.25, -0.2) is 14.8 Å². The molecule has 29 heavy (non-hydrogen) atoms. The minimum Gasteiger partial charge on any atom is -0.352 e. The summed E-state index contributed by atoms with van der Waals surface area (Å²) in [5, 5.41) is 4.06. The van der Waals surface area contributed by atoms with Gasteiger partial charge in [-0.05, 0) is 31.2 Å². The molecule has 0 aliphatic carbocycles. The van der Waals surface area contributed by atoms with E-state index in [0.29, 0.717) is 35.5 Å². The Morgan fingerprint density at radius 1 is 1.45 bits per heavy atom. The number of amides is 2. The van der Waals surface area contributed by atoms with Crippen molar-refractivity contribution in [2.75, 3.05) is 29.9 Å². The molecular formula is C20H21BrClN5OS. The van der Waals surface area contributed by atoms with E-state index in [9.17, 15) is 4.79 Å². The van der Waals surface area contributed by atoms with E-state index in [1.54, 1.807) is 23.2 Å². The van der Waals surface area contributed by atoms with Crippen molar-refractivity contribution >= 4 is 68.0 Å². The van der Waals surface area contributed by atoms with Crippen LogP contribution < -0.4 is 10.2 Å². The summed E-state index contributed by atoms with van der Waals surface area (Å²) in [5.41, 5.74) is 0.715. The summed E-state index contributed by atoms with van der Waals surface area (Å²) < 4.78 is 0.833. The first-order valence-electron chi connectivity index (χ1n) is 8.99.